The maximum Gasteiger partial charge on any atom is 0.303 e. The van der Waals surface area contributed by atoms with Crippen molar-refractivity contribution < 1.29 is 18.7 Å². The number of carbonyl (C=O) groups is 1. The maximum absolute atomic E-state index is 11.6. The van der Waals surface area contributed by atoms with Gasteiger partial charge in [-0.15, -0.1) is 0 Å². The standard InChI is InChI=1S/C22H23ClN4O4/c1-3-4-5-6-7-10-17-24-19(23)18-21(25-17)27(20(26-18)15-9-8-12-29-15)22-16(11-13-30-22)31-14(2)28/h8-9,12,16,22H,3-6,11,13H2,1-2H3/t16-,22-/m1/s1. The quantitative estimate of drug-likeness (QED) is 0.240. The van der Waals surface area contributed by atoms with E-state index in [0.29, 0.717) is 41.6 Å². The second-order valence-corrected chi connectivity index (χ2v) is 7.61. The molecule has 162 valence electrons. The Balaban J connectivity index is 1.81. The molecule has 4 rings (SSSR count). The number of hydrogen-bond donors (Lipinski definition) is 0. The van der Waals surface area contributed by atoms with E-state index in [0.717, 1.165) is 25.7 Å². The van der Waals surface area contributed by atoms with Crippen molar-refractivity contribution >= 4 is 28.7 Å². The summed E-state index contributed by atoms with van der Waals surface area (Å²) in [6, 6.07) is 3.54. The summed E-state index contributed by atoms with van der Waals surface area (Å²) in [4.78, 5) is 25.1. The van der Waals surface area contributed by atoms with Crippen molar-refractivity contribution in [1.29, 1.82) is 0 Å². The molecule has 0 spiro atoms. The first kappa shape index (κ1) is 21.3. The largest absolute Gasteiger partial charge is 0.461 e. The minimum absolute atomic E-state index is 0.191. The van der Waals surface area contributed by atoms with Crippen LogP contribution in [0, 0.1) is 11.8 Å². The maximum atomic E-state index is 11.6. The zero-order valence-electron chi connectivity index (χ0n) is 17.4. The van der Waals surface area contributed by atoms with Gasteiger partial charge in [0.05, 0.1) is 12.9 Å². The molecule has 1 saturated heterocycles. The summed E-state index contributed by atoms with van der Waals surface area (Å²) in [5, 5.41) is 0.191. The summed E-state index contributed by atoms with van der Waals surface area (Å²) in [7, 11) is 0. The second kappa shape index (κ2) is 9.50. The van der Waals surface area contributed by atoms with Crippen molar-refractivity contribution in [2.45, 2.75) is 58.3 Å². The highest BCUT2D eigenvalue weighted by atomic mass is 35.5. The number of halogens is 1. The summed E-state index contributed by atoms with van der Waals surface area (Å²) in [6.45, 7) is 3.96. The van der Waals surface area contributed by atoms with Crippen molar-refractivity contribution in [3.05, 3.63) is 29.4 Å². The third kappa shape index (κ3) is 4.58. The van der Waals surface area contributed by atoms with E-state index in [9.17, 15) is 4.79 Å². The summed E-state index contributed by atoms with van der Waals surface area (Å²) in [5.41, 5.74) is 0.856. The van der Waals surface area contributed by atoms with E-state index >= 15 is 0 Å². The number of rotatable bonds is 6. The number of nitrogens with zero attached hydrogens (tertiary/aromatic N) is 4. The lowest BCUT2D eigenvalue weighted by Crippen LogP contribution is -2.25. The van der Waals surface area contributed by atoms with E-state index in [4.69, 9.17) is 25.5 Å². The number of aromatic nitrogens is 4. The molecule has 9 heteroatoms. The first-order valence-corrected chi connectivity index (χ1v) is 10.7. The Morgan fingerprint density at radius 3 is 2.97 bits per heavy atom. The molecular weight excluding hydrogens is 420 g/mol. The minimum atomic E-state index is -0.620. The van der Waals surface area contributed by atoms with Crippen LogP contribution in [0.5, 0.6) is 0 Å². The molecule has 0 bridgehead atoms. The summed E-state index contributed by atoms with van der Waals surface area (Å²) in [5.74, 6) is 7.01. The van der Waals surface area contributed by atoms with Gasteiger partial charge in [0.25, 0.3) is 0 Å². The molecule has 0 saturated carbocycles. The van der Waals surface area contributed by atoms with Crippen LogP contribution in [0.4, 0.5) is 0 Å². The van der Waals surface area contributed by atoms with Crippen LogP contribution in [0.3, 0.4) is 0 Å². The molecule has 0 radical (unpaired) electrons. The lowest BCUT2D eigenvalue weighted by atomic mass is 10.2. The Morgan fingerprint density at radius 1 is 1.35 bits per heavy atom. The van der Waals surface area contributed by atoms with Gasteiger partial charge in [0, 0.05) is 19.8 Å². The zero-order chi connectivity index (χ0) is 21.8. The van der Waals surface area contributed by atoms with Gasteiger partial charge in [-0.25, -0.2) is 15.0 Å². The fourth-order valence-corrected chi connectivity index (χ4v) is 3.75. The molecule has 3 aromatic heterocycles. The van der Waals surface area contributed by atoms with Crippen LogP contribution >= 0.6 is 11.6 Å². The van der Waals surface area contributed by atoms with Crippen LogP contribution in [0.1, 0.15) is 58.0 Å². The van der Waals surface area contributed by atoms with Gasteiger partial charge in [0.2, 0.25) is 5.82 Å². The van der Waals surface area contributed by atoms with Gasteiger partial charge in [0.1, 0.15) is 11.6 Å². The molecule has 2 atom stereocenters. The molecule has 0 amide bonds. The third-order valence-electron chi connectivity index (χ3n) is 4.93. The highest BCUT2D eigenvalue weighted by Gasteiger charge is 2.36. The number of furan rings is 1. The molecular formula is C22H23ClN4O4. The normalized spacial score (nSPS) is 18.2. The molecule has 1 fully saturated rings. The van der Waals surface area contributed by atoms with Crippen molar-refractivity contribution in [3.8, 4) is 23.4 Å². The summed E-state index contributed by atoms with van der Waals surface area (Å²) >= 11 is 6.45. The van der Waals surface area contributed by atoms with E-state index in [1.54, 1.807) is 23.0 Å². The predicted molar refractivity (Wildman–Crippen MR) is 114 cm³/mol. The Morgan fingerprint density at radius 2 is 2.23 bits per heavy atom. The first-order chi connectivity index (χ1) is 15.1. The van der Waals surface area contributed by atoms with Crippen LogP contribution in [0.15, 0.2) is 22.8 Å². The molecule has 0 unspecified atom stereocenters. The molecule has 1 aliphatic rings. The van der Waals surface area contributed by atoms with E-state index in [1.807, 2.05) is 0 Å². The molecule has 31 heavy (non-hydrogen) atoms. The monoisotopic (exact) mass is 442 g/mol. The molecule has 8 nitrogen and oxygen atoms in total. The topological polar surface area (TPSA) is 92.3 Å². The van der Waals surface area contributed by atoms with Crippen molar-refractivity contribution in [3.63, 3.8) is 0 Å². The van der Waals surface area contributed by atoms with Gasteiger partial charge in [-0.2, -0.15) is 0 Å². The van der Waals surface area contributed by atoms with Crippen molar-refractivity contribution in [2.75, 3.05) is 6.61 Å². The van der Waals surface area contributed by atoms with Crippen molar-refractivity contribution in [2.24, 2.45) is 0 Å². The number of fused-ring (bicyclic) bond motifs is 1. The number of imidazole rings is 1. The fourth-order valence-electron chi connectivity index (χ4n) is 3.55. The number of carbonyl (C=O) groups excluding carboxylic acids is 1. The Bertz CT molecular complexity index is 1130. The summed E-state index contributed by atoms with van der Waals surface area (Å²) in [6.07, 6.45) is 5.07. The van der Waals surface area contributed by atoms with Gasteiger partial charge in [0.15, 0.2) is 28.6 Å². The first-order valence-electron chi connectivity index (χ1n) is 10.4. The lowest BCUT2D eigenvalue weighted by Gasteiger charge is -2.21. The highest BCUT2D eigenvalue weighted by molar-refractivity contribution is 6.33. The van der Waals surface area contributed by atoms with Gasteiger partial charge in [-0.1, -0.05) is 37.3 Å². The third-order valence-corrected chi connectivity index (χ3v) is 5.19. The van der Waals surface area contributed by atoms with Crippen LogP contribution in [-0.4, -0.2) is 38.2 Å². The summed E-state index contributed by atoms with van der Waals surface area (Å²) < 4.78 is 18.7. The smallest absolute Gasteiger partial charge is 0.303 e. The van der Waals surface area contributed by atoms with Crippen LogP contribution in [0.2, 0.25) is 5.15 Å². The van der Waals surface area contributed by atoms with Gasteiger partial charge >= 0.3 is 5.97 Å². The average Bonchev–Trinajstić information content (AvgIpc) is 3.46. The number of unbranched alkanes of at least 4 members (excludes halogenated alkanes) is 3. The van der Waals surface area contributed by atoms with E-state index < -0.39 is 12.3 Å². The number of esters is 1. The predicted octanol–water partition coefficient (Wildman–Crippen LogP) is 4.52. The molecule has 0 aromatic carbocycles. The molecule has 0 N–H and O–H groups in total. The van der Waals surface area contributed by atoms with E-state index in [1.165, 1.54) is 6.92 Å². The van der Waals surface area contributed by atoms with Crippen LogP contribution < -0.4 is 0 Å². The SMILES string of the molecule is CCCCCC#Cc1nc(Cl)c2nc(-c3ccco3)n([C@@H]3OCC[C@H]3OC(C)=O)c2n1. The van der Waals surface area contributed by atoms with Gasteiger partial charge in [-0.05, 0) is 24.5 Å². The van der Waals surface area contributed by atoms with Crippen LogP contribution in [-0.2, 0) is 14.3 Å². The Hall–Kier alpha value is -2.89. The van der Waals surface area contributed by atoms with Gasteiger partial charge < -0.3 is 13.9 Å². The second-order valence-electron chi connectivity index (χ2n) is 7.25. The Kier molecular flexibility index (Phi) is 6.54. The number of ether oxygens (including phenoxy) is 2. The van der Waals surface area contributed by atoms with Gasteiger partial charge in [-0.3, -0.25) is 9.36 Å². The number of hydrogen-bond acceptors (Lipinski definition) is 7. The van der Waals surface area contributed by atoms with E-state index in [-0.39, 0.29) is 11.1 Å². The Labute approximate surface area is 184 Å². The lowest BCUT2D eigenvalue weighted by molar-refractivity contribution is -0.151. The molecule has 0 aliphatic carbocycles. The minimum Gasteiger partial charge on any atom is -0.461 e. The highest BCUT2D eigenvalue weighted by Crippen LogP contribution is 2.36. The van der Waals surface area contributed by atoms with Crippen LogP contribution in [0.25, 0.3) is 22.7 Å². The fraction of sp³-hybridized carbons (Fsp3) is 0.455. The molecule has 1 aliphatic heterocycles. The van der Waals surface area contributed by atoms with E-state index in [2.05, 4.69) is 33.7 Å². The van der Waals surface area contributed by atoms with Crippen molar-refractivity contribution in [1.82, 2.24) is 19.5 Å². The molecule has 3 aromatic rings. The zero-order valence-corrected chi connectivity index (χ0v) is 18.2. The average molecular weight is 443 g/mol. The molecule has 4 heterocycles.